The van der Waals surface area contributed by atoms with Crippen LogP contribution in [0.5, 0.6) is 0 Å². The van der Waals surface area contributed by atoms with Gasteiger partial charge in [0.15, 0.2) is 0 Å². The van der Waals surface area contributed by atoms with Crippen LogP contribution in [0.4, 0.5) is 0 Å². The van der Waals surface area contributed by atoms with Crippen molar-refractivity contribution in [3.8, 4) is 0 Å². The molecule has 0 aromatic heterocycles. The van der Waals surface area contributed by atoms with Crippen molar-refractivity contribution in [2.75, 3.05) is 13.6 Å². The van der Waals surface area contributed by atoms with Crippen LogP contribution in [-0.4, -0.2) is 24.7 Å². The van der Waals surface area contributed by atoms with Gasteiger partial charge >= 0.3 is 5.97 Å². The Labute approximate surface area is 179 Å². The Bertz CT molecular complexity index is 541. The van der Waals surface area contributed by atoms with Crippen molar-refractivity contribution in [3.05, 3.63) is 48.0 Å². The van der Waals surface area contributed by atoms with Crippen LogP contribution in [0, 0.1) is 11.8 Å². The lowest BCUT2D eigenvalue weighted by Crippen LogP contribution is -2.23. The van der Waals surface area contributed by atoms with E-state index in [0.717, 1.165) is 32.2 Å². The van der Waals surface area contributed by atoms with Gasteiger partial charge < -0.3 is 10.4 Å². The molecule has 3 heteroatoms. The summed E-state index contributed by atoms with van der Waals surface area (Å²) in [5.74, 6) is 0.135. The molecule has 2 atom stereocenters. The zero-order valence-corrected chi connectivity index (χ0v) is 18.7. The number of benzene rings is 1. The highest BCUT2D eigenvalue weighted by Crippen LogP contribution is 2.25. The fourth-order valence-electron chi connectivity index (χ4n) is 4.08. The molecule has 0 aliphatic carbocycles. The maximum atomic E-state index is 11.4. The average molecular weight is 402 g/mol. The number of nitrogens with one attached hydrogen (secondary N) is 1. The van der Waals surface area contributed by atoms with Gasteiger partial charge in [-0.2, -0.15) is 0 Å². The molecule has 0 heterocycles. The monoisotopic (exact) mass is 401 g/mol. The van der Waals surface area contributed by atoms with Gasteiger partial charge in [-0.15, -0.1) is 0 Å². The van der Waals surface area contributed by atoms with Gasteiger partial charge in [-0.3, -0.25) is 4.79 Å². The average Bonchev–Trinajstić information content (AvgIpc) is 2.71. The van der Waals surface area contributed by atoms with Gasteiger partial charge in [-0.25, -0.2) is 0 Å². The van der Waals surface area contributed by atoms with Crippen molar-refractivity contribution in [2.45, 2.75) is 84.0 Å². The minimum absolute atomic E-state index is 0.250. The van der Waals surface area contributed by atoms with E-state index in [1.165, 1.54) is 50.5 Å². The third-order valence-corrected chi connectivity index (χ3v) is 5.68. The molecule has 29 heavy (non-hydrogen) atoms. The van der Waals surface area contributed by atoms with Gasteiger partial charge in [-0.1, -0.05) is 68.7 Å². The third-order valence-electron chi connectivity index (χ3n) is 5.68. The van der Waals surface area contributed by atoms with Crippen LogP contribution in [0.25, 0.3) is 0 Å². The molecule has 3 nitrogen and oxygen atoms in total. The van der Waals surface area contributed by atoms with E-state index in [1.54, 1.807) is 0 Å². The van der Waals surface area contributed by atoms with Crippen molar-refractivity contribution in [2.24, 2.45) is 11.8 Å². The zero-order chi connectivity index (χ0) is 21.2. The number of carbonyl (C=O) groups is 1. The van der Waals surface area contributed by atoms with Gasteiger partial charge in [0.05, 0.1) is 0 Å². The first-order chi connectivity index (χ1) is 14.2. The highest BCUT2D eigenvalue weighted by molar-refractivity contribution is 5.67. The standard InChI is InChI=1S/C26H43NO2/c1-3-4-5-6-7-8-9-10-12-17-25(22-27-2)20-24(21-26(28)29)19-18-23-15-13-11-14-16-23/h8-9,11,13-16,24-25,27H,3-7,10,12,17-22H2,1-2H3,(H,28,29)/t24-,25-/m0/s1. The summed E-state index contributed by atoms with van der Waals surface area (Å²) >= 11 is 0. The molecule has 164 valence electrons. The van der Waals surface area contributed by atoms with Crippen LogP contribution in [0.15, 0.2) is 42.5 Å². The fourth-order valence-corrected chi connectivity index (χ4v) is 4.08. The van der Waals surface area contributed by atoms with E-state index in [2.05, 4.69) is 48.7 Å². The van der Waals surface area contributed by atoms with Gasteiger partial charge in [0.1, 0.15) is 0 Å². The Kier molecular flexibility index (Phi) is 15.1. The van der Waals surface area contributed by atoms with E-state index in [0.29, 0.717) is 5.92 Å². The minimum atomic E-state index is -0.669. The molecule has 0 saturated carbocycles. The van der Waals surface area contributed by atoms with E-state index in [9.17, 15) is 9.90 Å². The number of rotatable bonds is 18. The van der Waals surface area contributed by atoms with Crippen LogP contribution in [0.2, 0.25) is 0 Å². The van der Waals surface area contributed by atoms with Crippen LogP contribution < -0.4 is 5.32 Å². The Hall–Kier alpha value is -1.61. The normalized spacial score (nSPS) is 13.6. The van der Waals surface area contributed by atoms with Gasteiger partial charge in [0.2, 0.25) is 0 Å². The number of hydrogen-bond acceptors (Lipinski definition) is 2. The second-order valence-corrected chi connectivity index (χ2v) is 8.40. The maximum Gasteiger partial charge on any atom is 0.303 e. The van der Waals surface area contributed by atoms with Crippen molar-refractivity contribution in [1.29, 1.82) is 0 Å². The second kappa shape index (κ2) is 17.3. The highest BCUT2D eigenvalue weighted by atomic mass is 16.4. The Balaban J connectivity index is 2.39. The number of unbranched alkanes of at least 4 members (excludes halogenated alkanes) is 5. The van der Waals surface area contributed by atoms with Crippen molar-refractivity contribution in [1.82, 2.24) is 5.32 Å². The summed E-state index contributed by atoms with van der Waals surface area (Å²) in [6, 6.07) is 10.4. The van der Waals surface area contributed by atoms with E-state index in [4.69, 9.17) is 0 Å². The molecule has 0 saturated heterocycles. The van der Waals surface area contributed by atoms with E-state index < -0.39 is 5.97 Å². The van der Waals surface area contributed by atoms with Crippen LogP contribution in [0.3, 0.4) is 0 Å². The first-order valence-electron chi connectivity index (χ1n) is 11.7. The second-order valence-electron chi connectivity index (χ2n) is 8.40. The lowest BCUT2D eigenvalue weighted by Gasteiger charge is -2.22. The number of carboxylic acids is 1. The number of carboxylic acid groups (broad SMARTS) is 1. The van der Waals surface area contributed by atoms with Crippen molar-refractivity contribution >= 4 is 5.97 Å². The quantitative estimate of drug-likeness (QED) is 0.214. The fraction of sp³-hybridized carbons (Fsp3) is 0.654. The van der Waals surface area contributed by atoms with E-state index in [-0.39, 0.29) is 12.3 Å². The smallest absolute Gasteiger partial charge is 0.303 e. The number of hydrogen-bond donors (Lipinski definition) is 2. The molecule has 0 spiro atoms. The Morgan fingerprint density at radius 3 is 2.38 bits per heavy atom. The maximum absolute atomic E-state index is 11.4. The molecule has 0 aliphatic rings. The molecule has 0 aliphatic heterocycles. The predicted molar refractivity (Wildman–Crippen MR) is 124 cm³/mol. The number of aryl methyl sites for hydroxylation is 1. The van der Waals surface area contributed by atoms with E-state index in [1.807, 2.05) is 13.1 Å². The van der Waals surface area contributed by atoms with Gasteiger partial charge in [-0.05, 0) is 82.4 Å². The largest absolute Gasteiger partial charge is 0.481 e. The summed E-state index contributed by atoms with van der Waals surface area (Å²) < 4.78 is 0. The van der Waals surface area contributed by atoms with Gasteiger partial charge in [0, 0.05) is 6.42 Å². The summed E-state index contributed by atoms with van der Waals surface area (Å²) in [6.45, 7) is 3.22. The molecule has 1 rings (SSSR count). The first-order valence-corrected chi connectivity index (χ1v) is 11.7. The minimum Gasteiger partial charge on any atom is -0.481 e. The Morgan fingerprint density at radius 2 is 1.72 bits per heavy atom. The molecular weight excluding hydrogens is 358 g/mol. The van der Waals surface area contributed by atoms with E-state index >= 15 is 0 Å². The lowest BCUT2D eigenvalue weighted by molar-refractivity contribution is -0.138. The summed E-state index contributed by atoms with van der Waals surface area (Å²) in [5, 5.41) is 12.7. The molecule has 0 amide bonds. The molecular formula is C26H43NO2. The number of allylic oxidation sites excluding steroid dienone is 2. The predicted octanol–water partition coefficient (Wildman–Crippen LogP) is 6.63. The molecule has 0 fully saturated rings. The Morgan fingerprint density at radius 1 is 1.00 bits per heavy atom. The van der Waals surface area contributed by atoms with Crippen LogP contribution in [0.1, 0.15) is 83.1 Å². The zero-order valence-electron chi connectivity index (χ0n) is 18.7. The summed E-state index contributed by atoms with van der Waals surface area (Å²) in [7, 11) is 2.00. The van der Waals surface area contributed by atoms with Crippen molar-refractivity contribution < 1.29 is 9.90 Å². The van der Waals surface area contributed by atoms with Crippen molar-refractivity contribution in [3.63, 3.8) is 0 Å². The lowest BCUT2D eigenvalue weighted by atomic mass is 9.85. The summed E-state index contributed by atoms with van der Waals surface area (Å²) in [6.07, 6.45) is 17.9. The molecule has 0 bridgehead atoms. The SMILES string of the molecule is CCCCCCC=CCCC[C@H](CNC)C[C@H](CCc1ccccc1)CC(=O)O. The topological polar surface area (TPSA) is 49.3 Å². The molecule has 2 N–H and O–H groups in total. The summed E-state index contributed by atoms with van der Waals surface area (Å²) in [4.78, 5) is 11.4. The third kappa shape index (κ3) is 14.1. The van der Waals surface area contributed by atoms with Crippen LogP contribution >= 0.6 is 0 Å². The van der Waals surface area contributed by atoms with Gasteiger partial charge in [0.25, 0.3) is 0 Å². The number of aliphatic carboxylic acids is 1. The van der Waals surface area contributed by atoms with Crippen LogP contribution in [-0.2, 0) is 11.2 Å². The first kappa shape index (κ1) is 25.4. The molecule has 1 aromatic carbocycles. The molecule has 1 aromatic rings. The molecule has 0 unspecified atom stereocenters. The highest BCUT2D eigenvalue weighted by Gasteiger charge is 2.19. The summed E-state index contributed by atoms with van der Waals surface area (Å²) in [5.41, 5.74) is 1.30. The molecule has 0 radical (unpaired) electrons.